The first-order chi connectivity index (χ1) is 8.82. The third kappa shape index (κ3) is 2.54. The Hall–Kier alpha value is -1.67. The first kappa shape index (κ1) is 13.8. The van der Waals surface area contributed by atoms with Gasteiger partial charge in [-0.25, -0.2) is 17.8 Å². The van der Waals surface area contributed by atoms with E-state index in [1.165, 1.54) is 25.2 Å². The Morgan fingerprint density at radius 1 is 1.42 bits per heavy atom. The highest BCUT2D eigenvalue weighted by Gasteiger charge is 2.26. The fraction of sp³-hybridized carbons (Fsp3) is 0.182. The molecular formula is C11H12FN3O2S2. The minimum atomic E-state index is -3.78. The molecule has 102 valence electrons. The average molecular weight is 301 g/mol. The Morgan fingerprint density at radius 3 is 2.63 bits per heavy atom. The van der Waals surface area contributed by atoms with Crippen LogP contribution in [0.2, 0.25) is 0 Å². The Labute approximate surface area is 114 Å². The highest BCUT2D eigenvalue weighted by molar-refractivity contribution is 7.94. The number of nitrogens with zero attached hydrogens (tertiary/aromatic N) is 2. The van der Waals surface area contributed by atoms with E-state index in [9.17, 15) is 12.8 Å². The van der Waals surface area contributed by atoms with E-state index >= 15 is 0 Å². The lowest BCUT2D eigenvalue weighted by Crippen LogP contribution is -2.26. The first-order valence-corrected chi connectivity index (χ1v) is 7.55. The lowest BCUT2D eigenvalue weighted by molar-refractivity contribution is 0.595. The largest absolute Gasteiger partial charge is 0.375 e. The van der Waals surface area contributed by atoms with Crippen molar-refractivity contribution in [3.63, 3.8) is 0 Å². The van der Waals surface area contributed by atoms with E-state index in [4.69, 9.17) is 5.73 Å². The van der Waals surface area contributed by atoms with Gasteiger partial charge in [-0.1, -0.05) is 17.4 Å². The molecule has 0 amide bonds. The molecule has 8 heteroatoms. The maximum atomic E-state index is 13.2. The van der Waals surface area contributed by atoms with Gasteiger partial charge in [0.15, 0.2) is 9.34 Å². The molecular weight excluding hydrogens is 289 g/mol. The molecule has 2 aromatic rings. The van der Waals surface area contributed by atoms with Gasteiger partial charge in [0, 0.05) is 7.05 Å². The third-order valence-electron chi connectivity index (χ3n) is 2.54. The molecule has 19 heavy (non-hydrogen) atoms. The molecule has 0 unspecified atom stereocenters. The lowest BCUT2D eigenvalue weighted by atomic mass is 10.3. The van der Waals surface area contributed by atoms with Gasteiger partial charge in [0.2, 0.25) is 0 Å². The number of nitrogen functional groups attached to an aromatic ring is 1. The van der Waals surface area contributed by atoms with Crippen LogP contribution in [0, 0.1) is 12.7 Å². The summed E-state index contributed by atoms with van der Waals surface area (Å²) in [5.41, 5.74) is 6.08. The van der Waals surface area contributed by atoms with E-state index < -0.39 is 15.8 Å². The Bertz CT molecular complexity index is 712. The quantitative estimate of drug-likeness (QED) is 0.940. The maximum Gasteiger partial charge on any atom is 0.275 e. The number of nitrogens with two attached hydrogens (primary N) is 1. The van der Waals surface area contributed by atoms with Crippen LogP contribution in [0.5, 0.6) is 0 Å². The van der Waals surface area contributed by atoms with Crippen molar-refractivity contribution in [1.82, 2.24) is 4.98 Å². The minimum Gasteiger partial charge on any atom is -0.375 e. The van der Waals surface area contributed by atoms with Crippen LogP contribution in [0.25, 0.3) is 0 Å². The van der Waals surface area contributed by atoms with Crippen molar-refractivity contribution < 1.29 is 12.8 Å². The Balaban J connectivity index is 2.48. The molecule has 0 aliphatic rings. The van der Waals surface area contributed by atoms with Crippen LogP contribution in [0.3, 0.4) is 0 Å². The third-order valence-corrected chi connectivity index (χ3v) is 5.90. The lowest BCUT2D eigenvalue weighted by Gasteiger charge is -2.18. The number of sulfonamides is 1. The van der Waals surface area contributed by atoms with E-state index in [-0.39, 0.29) is 15.0 Å². The summed E-state index contributed by atoms with van der Waals surface area (Å²) < 4.78 is 39.0. The standard InChI is InChI=1S/C11H12FN3O2S2/c1-7-10(18-11(13)14-7)19(16,17)15(2)9-5-3-4-8(12)6-9/h3-6H,1-2H3,(H2,13,14). The van der Waals surface area contributed by atoms with Gasteiger partial charge >= 0.3 is 0 Å². The summed E-state index contributed by atoms with van der Waals surface area (Å²) in [5, 5.41) is 0.184. The van der Waals surface area contributed by atoms with Crippen molar-refractivity contribution >= 4 is 32.2 Å². The van der Waals surface area contributed by atoms with Crippen molar-refractivity contribution in [3.8, 4) is 0 Å². The van der Waals surface area contributed by atoms with Crippen LogP contribution in [0.15, 0.2) is 28.5 Å². The molecule has 1 heterocycles. The number of benzene rings is 1. The fourth-order valence-electron chi connectivity index (χ4n) is 1.58. The van der Waals surface area contributed by atoms with Gasteiger partial charge in [0.05, 0.1) is 11.4 Å². The molecule has 0 saturated carbocycles. The summed E-state index contributed by atoms with van der Waals surface area (Å²) in [6.07, 6.45) is 0. The van der Waals surface area contributed by atoms with Crippen molar-refractivity contribution in [1.29, 1.82) is 0 Å². The van der Waals surface area contributed by atoms with Crippen LogP contribution in [-0.4, -0.2) is 20.4 Å². The zero-order valence-electron chi connectivity index (χ0n) is 10.3. The second-order valence-corrected chi connectivity index (χ2v) is 7.07. The number of anilines is 2. The number of aryl methyl sites for hydroxylation is 1. The van der Waals surface area contributed by atoms with Gasteiger partial charge in [-0.2, -0.15) is 0 Å². The van der Waals surface area contributed by atoms with Crippen LogP contribution in [0.1, 0.15) is 5.69 Å². The Kier molecular flexibility index (Phi) is 3.46. The molecule has 0 aliphatic heterocycles. The molecule has 0 bridgehead atoms. The molecule has 1 aromatic heterocycles. The van der Waals surface area contributed by atoms with E-state index in [2.05, 4.69) is 4.98 Å². The molecule has 0 spiro atoms. The zero-order valence-corrected chi connectivity index (χ0v) is 11.9. The number of rotatable bonds is 3. The zero-order chi connectivity index (χ0) is 14.2. The molecule has 0 atom stereocenters. The molecule has 0 aliphatic carbocycles. The second kappa shape index (κ2) is 4.78. The van der Waals surface area contributed by atoms with Gasteiger partial charge < -0.3 is 5.73 Å². The molecule has 0 fully saturated rings. The van der Waals surface area contributed by atoms with Crippen molar-refractivity contribution in [3.05, 3.63) is 35.8 Å². The van der Waals surface area contributed by atoms with Gasteiger partial charge in [-0.15, -0.1) is 0 Å². The van der Waals surface area contributed by atoms with E-state index in [1.54, 1.807) is 6.92 Å². The van der Waals surface area contributed by atoms with E-state index in [1.807, 2.05) is 0 Å². The van der Waals surface area contributed by atoms with E-state index in [0.29, 0.717) is 5.69 Å². The number of thiazole rings is 1. The SMILES string of the molecule is Cc1nc(N)sc1S(=O)(=O)N(C)c1cccc(F)c1. The van der Waals surface area contributed by atoms with Crippen LogP contribution in [-0.2, 0) is 10.0 Å². The molecule has 5 nitrogen and oxygen atoms in total. The number of hydrogen-bond donors (Lipinski definition) is 1. The maximum absolute atomic E-state index is 13.2. The smallest absolute Gasteiger partial charge is 0.275 e. The van der Waals surface area contributed by atoms with Crippen LogP contribution < -0.4 is 10.0 Å². The van der Waals surface area contributed by atoms with Crippen LogP contribution >= 0.6 is 11.3 Å². The monoisotopic (exact) mass is 301 g/mol. The predicted molar refractivity (Wildman–Crippen MR) is 73.3 cm³/mol. The summed E-state index contributed by atoms with van der Waals surface area (Å²) >= 11 is 0.892. The molecule has 0 radical (unpaired) electrons. The molecule has 2 N–H and O–H groups in total. The second-order valence-electron chi connectivity index (χ2n) is 3.88. The molecule has 2 rings (SSSR count). The predicted octanol–water partition coefficient (Wildman–Crippen LogP) is 2.00. The molecule has 1 aromatic carbocycles. The summed E-state index contributed by atoms with van der Waals surface area (Å²) in [7, 11) is -2.42. The highest BCUT2D eigenvalue weighted by atomic mass is 32.2. The van der Waals surface area contributed by atoms with Crippen molar-refractivity contribution in [2.75, 3.05) is 17.1 Å². The highest BCUT2D eigenvalue weighted by Crippen LogP contribution is 2.30. The topological polar surface area (TPSA) is 76.3 Å². The van der Waals surface area contributed by atoms with Gasteiger partial charge in [-0.05, 0) is 25.1 Å². The number of halogens is 1. The van der Waals surface area contributed by atoms with Crippen molar-refractivity contribution in [2.24, 2.45) is 0 Å². The summed E-state index contributed by atoms with van der Waals surface area (Å²) in [5.74, 6) is -0.500. The van der Waals surface area contributed by atoms with Gasteiger partial charge in [0.1, 0.15) is 5.82 Å². The summed E-state index contributed by atoms with van der Waals surface area (Å²) in [6, 6.07) is 5.36. The van der Waals surface area contributed by atoms with Crippen molar-refractivity contribution in [2.45, 2.75) is 11.1 Å². The number of aromatic nitrogens is 1. The normalized spacial score (nSPS) is 11.5. The average Bonchev–Trinajstić information content (AvgIpc) is 2.68. The van der Waals surface area contributed by atoms with Crippen LogP contribution in [0.4, 0.5) is 15.2 Å². The molecule has 0 saturated heterocycles. The number of hydrogen-bond acceptors (Lipinski definition) is 5. The van der Waals surface area contributed by atoms with E-state index in [0.717, 1.165) is 21.7 Å². The summed E-state index contributed by atoms with van der Waals surface area (Å²) in [6.45, 7) is 1.57. The van der Waals surface area contributed by atoms with Gasteiger partial charge in [0.25, 0.3) is 10.0 Å². The fourth-order valence-corrected chi connectivity index (χ4v) is 4.21. The Morgan fingerprint density at radius 2 is 2.11 bits per heavy atom. The van der Waals surface area contributed by atoms with Gasteiger partial charge in [-0.3, -0.25) is 4.31 Å². The minimum absolute atomic E-state index is 0.0664. The first-order valence-electron chi connectivity index (χ1n) is 5.30. The summed E-state index contributed by atoms with van der Waals surface area (Å²) in [4.78, 5) is 3.89.